The molecular formula is C15H16ClNO3. The van der Waals surface area contributed by atoms with Crippen LogP contribution >= 0.6 is 11.6 Å². The Bertz CT molecular complexity index is 747. The molecule has 2 rings (SSSR count). The van der Waals surface area contributed by atoms with Crippen LogP contribution in [0.25, 0.3) is 10.9 Å². The molecule has 106 valence electrons. The number of carboxylic acids is 1. The Morgan fingerprint density at radius 2 is 2.05 bits per heavy atom. The molecular weight excluding hydrogens is 278 g/mol. The molecule has 0 amide bonds. The number of carbonyl (C=O) groups is 1. The van der Waals surface area contributed by atoms with Crippen molar-refractivity contribution in [1.82, 2.24) is 4.57 Å². The molecule has 0 spiro atoms. The van der Waals surface area contributed by atoms with Crippen LogP contribution in [-0.4, -0.2) is 15.6 Å². The lowest BCUT2D eigenvalue weighted by Crippen LogP contribution is -2.19. The smallest absolute Gasteiger partial charge is 0.309 e. The van der Waals surface area contributed by atoms with Crippen LogP contribution in [0.4, 0.5) is 0 Å². The molecule has 0 radical (unpaired) electrons. The molecule has 1 heterocycles. The highest BCUT2D eigenvalue weighted by Gasteiger charge is 2.16. The summed E-state index contributed by atoms with van der Waals surface area (Å²) in [6, 6.07) is 4.83. The van der Waals surface area contributed by atoms with Gasteiger partial charge in [-0.2, -0.15) is 0 Å². The minimum absolute atomic E-state index is 0.0321. The van der Waals surface area contributed by atoms with E-state index in [0.29, 0.717) is 16.1 Å². The standard InChI is InChI=1S/C15H16ClNO3/c1-8(2)17-10(7-14(19)20)6-13(18)11-4-5-12(16)9(3)15(11)17/h4-6,8H,7H2,1-3H3,(H,19,20). The van der Waals surface area contributed by atoms with Gasteiger partial charge in [-0.25, -0.2) is 0 Å². The van der Waals surface area contributed by atoms with Gasteiger partial charge in [-0.1, -0.05) is 11.6 Å². The van der Waals surface area contributed by atoms with Gasteiger partial charge < -0.3 is 9.67 Å². The van der Waals surface area contributed by atoms with Crippen LogP contribution in [0.15, 0.2) is 23.0 Å². The van der Waals surface area contributed by atoms with Crippen LogP contribution in [0.2, 0.25) is 5.02 Å². The quantitative estimate of drug-likeness (QED) is 0.945. The van der Waals surface area contributed by atoms with Crippen molar-refractivity contribution in [3.8, 4) is 0 Å². The van der Waals surface area contributed by atoms with Gasteiger partial charge >= 0.3 is 5.97 Å². The molecule has 1 aromatic carbocycles. The first kappa shape index (κ1) is 14.6. The Morgan fingerprint density at radius 1 is 1.40 bits per heavy atom. The van der Waals surface area contributed by atoms with Gasteiger partial charge in [0, 0.05) is 28.2 Å². The van der Waals surface area contributed by atoms with Crippen molar-refractivity contribution < 1.29 is 9.90 Å². The fraction of sp³-hybridized carbons (Fsp3) is 0.333. The summed E-state index contributed by atoms with van der Waals surface area (Å²) in [7, 11) is 0. The summed E-state index contributed by atoms with van der Waals surface area (Å²) >= 11 is 6.14. The number of aliphatic carboxylic acids is 1. The molecule has 20 heavy (non-hydrogen) atoms. The molecule has 2 aromatic rings. The van der Waals surface area contributed by atoms with Crippen molar-refractivity contribution in [2.24, 2.45) is 0 Å². The van der Waals surface area contributed by atoms with Crippen LogP contribution in [0.1, 0.15) is 31.1 Å². The van der Waals surface area contributed by atoms with Gasteiger partial charge in [-0.05, 0) is 38.5 Å². The lowest BCUT2D eigenvalue weighted by Gasteiger charge is -2.21. The molecule has 1 aromatic heterocycles. The molecule has 0 aliphatic carbocycles. The van der Waals surface area contributed by atoms with E-state index in [-0.39, 0.29) is 17.9 Å². The number of hydrogen-bond donors (Lipinski definition) is 1. The average molecular weight is 294 g/mol. The van der Waals surface area contributed by atoms with Gasteiger partial charge in [0.2, 0.25) is 0 Å². The highest BCUT2D eigenvalue weighted by atomic mass is 35.5. The van der Waals surface area contributed by atoms with Crippen molar-refractivity contribution in [3.05, 3.63) is 44.7 Å². The maximum absolute atomic E-state index is 12.2. The molecule has 0 saturated heterocycles. The van der Waals surface area contributed by atoms with E-state index in [1.165, 1.54) is 6.07 Å². The number of nitrogens with zero attached hydrogens (tertiary/aromatic N) is 1. The Hall–Kier alpha value is -1.81. The molecule has 5 heteroatoms. The summed E-state index contributed by atoms with van der Waals surface area (Å²) in [5.41, 5.74) is 1.83. The lowest BCUT2D eigenvalue weighted by molar-refractivity contribution is -0.136. The second-order valence-electron chi connectivity index (χ2n) is 5.10. The van der Waals surface area contributed by atoms with E-state index in [1.54, 1.807) is 12.1 Å². The van der Waals surface area contributed by atoms with E-state index in [0.717, 1.165) is 11.1 Å². The third-order valence-corrected chi connectivity index (χ3v) is 3.74. The first-order valence-corrected chi connectivity index (χ1v) is 6.75. The summed E-state index contributed by atoms with van der Waals surface area (Å²) in [4.78, 5) is 23.2. The minimum atomic E-state index is -0.960. The number of halogens is 1. The third-order valence-electron chi connectivity index (χ3n) is 3.33. The SMILES string of the molecule is Cc1c(Cl)ccc2c(=O)cc(CC(=O)O)n(C(C)C)c12. The first-order valence-electron chi connectivity index (χ1n) is 6.38. The average Bonchev–Trinajstić information content (AvgIpc) is 2.33. The van der Waals surface area contributed by atoms with E-state index >= 15 is 0 Å². The Labute approximate surface area is 121 Å². The maximum atomic E-state index is 12.2. The zero-order valence-corrected chi connectivity index (χ0v) is 12.4. The highest BCUT2D eigenvalue weighted by Crippen LogP contribution is 2.27. The number of rotatable bonds is 3. The number of aromatic nitrogens is 1. The summed E-state index contributed by atoms with van der Waals surface area (Å²) in [6.45, 7) is 5.75. The van der Waals surface area contributed by atoms with Gasteiger partial charge in [-0.3, -0.25) is 9.59 Å². The first-order chi connectivity index (χ1) is 9.32. The Morgan fingerprint density at radius 3 is 2.60 bits per heavy atom. The number of carboxylic acid groups (broad SMARTS) is 1. The van der Waals surface area contributed by atoms with E-state index < -0.39 is 5.97 Å². The van der Waals surface area contributed by atoms with E-state index in [1.807, 2.05) is 25.3 Å². The topological polar surface area (TPSA) is 59.3 Å². The van der Waals surface area contributed by atoms with Crippen molar-refractivity contribution >= 4 is 28.5 Å². The van der Waals surface area contributed by atoms with Crippen molar-refractivity contribution in [2.75, 3.05) is 0 Å². The van der Waals surface area contributed by atoms with Crippen molar-refractivity contribution in [1.29, 1.82) is 0 Å². The number of benzene rings is 1. The molecule has 0 atom stereocenters. The van der Waals surface area contributed by atoms with Crippen LogP contribution in [-0.2, 0) is 11.2 Å². The number of pyridine rings is 1. The molecule has 0 bridgehead atoms. The fourth-order valence-electron chi connectivity index (χ4n) is 2.51. The predicted octanol–water partition coefficient (Wildman–Crippen LogP) is 3.17. The molecule has 0 saturated carbocycles. The largest absolute Gasteiger partial charge is 0.481 e. The van der Waals surface area contributed by atoms with Crippen molar-refractivity contribution in [2.45, 2.75) is 33.2 Å². The predicted molar refractivity (Wildman–Crippen MR) is 79.7 cm³/mol. The Kier molecular flexibility index (Phi) is 3.86. The molecule has 0 unspecified atom stereocenters. The van der Waals surface area contributed by atoms with Gasteiger partial charge in [0.05, 0.1) is 11.9 Å². The van der Waals surface area contributed by atoms with Crippen LogP contribution in [0.5, 0.6) is 0 Å². The Balaban J connectivity index is 2.96. The van der Waals surface area contributed by atoms with Gasteiger partial charge in [0.1, 0.15) is 0 Å². The maximum Gasteiger partial charge on any atom is 0.309 e. The number of fused-ring (bicyclic) bond motifs is 1. The van der Waals surface area contributed by atoms with Gasteiger partial charge in [0.15, 0.2) is 5.43 Å². The second-order valence-corrected chi connectivity index (χ2v) is 5.51. The van der Waals surface area contributed by atoms with Crippen LogP contribution in [0.3, 0.4) is 0 Å². The molecule has 1 N–H and O–H groups in total. The zero-order chi connectivity index (χ0) is 15.0. The lowest BCUT2D eigenvalue weighted by atomic mass is 10.1. The zero-order valence-electron chi connectivity index (χ0n) is 11.6. The van der Waals surface area contributed by atoms with Gasteiger partial charge in [-0.15, -0.1) is 0 Å². The van der Waals surface area contributed by atoms with Crippen molar-refractivity contribution in [3.63, 3.8) is 0 Å². The monoisotopic (exact) mass is 293 g/mol. The van der Waals surface area contributed by atoms with Crippen LogP contribution < -0.4 is 5.43 Å². The molecule has 0 aliphatic rings. The highest BCUT2D eigenvalue weighted by molar-refractivity contribution is 6.32. The van der Waals surface area contributed by atoms with Gasteiger partial charge in [0.25, 0.3) is 0 Å². The van der Waals surface area contributed by atoms with Crippen LogP contribution in [0, 0.1) is 6.92 Å². The fourth-order valence-corrected chi connectivity index (χ4v) is 2.66. The van der Waals surface area contributed by atoms with E-state index in [4.69, 9.17) is 16.7 Å². The third kappa shape index (κ3) is 2.43. The van der Waals surface area contributed by atoms with E-state index in [9.17, 15) is 9.59 Å². The summed E-state index contributed by atoms with van der Waals surface area (Å²) < 4.78 is 1.88. The summed E-state index contributed by atoms with van der Waals surface area (Å²) in [6.07, 6.45) is -0.185. The molecule has 0 fully saturated rings. The summed E-state index contributed by atoms with van der Waals surface area (Å²) in [5.74, 6) is -0.960. The molecule has 0 aliphatic heterocycles. The normalized spacial score (nSPS) is 11.2. The minimum Gasteiger partial charge on any atom is -0.481 e. The van der Waals surface area contributed by atoms with E-state index in [2.05, 4.69) is 0 Å². The molecule has 4 nitrogen and oxygen atoms in total. The number of hydrogen-bond acceptors (Lipinski definition) is 2. The number of aryl methyl sites for hydroxylation is 1. The summed E-state index contributed by atoms with van der Waals surface area (Å²) in [5, 5.41) is 10.2. The second kappa shape index (κ2) is 5.29.